The molecule has 0 bridgehead atoms. The lowest BCUT2D eigenvalue weighted by Crippen LogP contribution is -2.47. The van der Waals surface area contributed by atoms with Crippen LogP contribution in [0.2, 0.25) is 0 Å². The van der Waals surface area contributed by atoms with E-state index in [2.05, 4.69) is 37.9 Å². The van der Waals surface area contributed by atoms with Crippen molar-refractivity contribution in [3.05, 3.63) is 41.7 Å². The first kappa shape index (κ1) is 22.9. The van der Waals surface area contributed by atoms with Crippen LogP contribution in [0.15, 0.2) is 36.1 Å². The number of nitrogens with one attached hydrogen (secondary N) is 1. The highest BCUT2D eigenvalue weighted by atomic mass is 16.7. The van der Waals surface area contributed by atoms with Crippen molar-refractivity contribution in [2.75, 3.05) is 6.61 Å². The van der Waals surface area contributed by atoms with Gasteiger partial charge in [-0.3, -0.25) is 4.79 Å². The van der Waals surface area contributed by atoms with Crippen LogP contribution in [-0.4, -0.2) is 24.2 Å². The molecule has 2 aliphatic rings. The van der Waals surface area contributed by atoms with Gasteiger partial charge in [-0.25, -0.2) is 4.79 Å². The number of terminal acetylenes is 2. The van der Waals surface area contributed by atoms with Gasteiger partial charge < -0.3 is 14.8 Å². The van der Waals surface area contributed by atoms with Crippen LogP contribution in [0.5, 0.6) is 0 Å². The summed E-state index contributed by atoms with van der Waals surface area (Å²) >= 11 is 0. The third-order valence-electron chi connectivity index (χ3n) is 4.88. The molecule has 1 spiro atoms. The molecular weight excluding hydrogens is 354 g/mol. The van der Waals surface area contributed by atoms with Crippen molar-refractivity contribution < 1.29 is 21.9 Å². The zero-order chi connectivity index (χ0) is 21.2. The van der Waals surface area contributed by atoms with Crippen LogP contribution < -0.4 is 5.32 Å². The fraction of sp³-hybridized carbons (Fsp3) is 0.391. The fourth-order valence-corrected chi connectivity index (χ4v) is 3.53. The van der Waals surface area contributed by atoms with E-state index in [0.717, 1.165) is 31.2 Å². The molecule has 0 radical (unpaired) electrons. The van der Waals surface area contributed by atoms with Gasteiger partial charge in [0, 0.05) is 2.85 Å². The molecule has 5 heteroatoms. The Balaban J connectivity index is 0. The van der Waals surface area contributed by atoms with E-state index in [4.69, 9.17) is 9.47 Å². The number of hydrogen-bond donors (Lipinski definition) is 1. The molecule has 1 aromatic carbocycles. The first-order valence-electron chi connectivity index (χ1n) is 9.19. The van der Waals surface area contributed by atoms with Crippen molar-refractivity contribution in [1.82, 2.24) is 5.32 Å². The second-order valence-corrected chi connectivity index (χ2v) is 6.57. The lowest BCUT2D eigenvalue weighted by atomic mass is 9.76. The lowest BCUT2D eigenvalue weighted by molar-refractivity contribution is -0.116. The first-order chi connectivity index (χ1) is 13.6. The van der Waals surface area contributed by atoms with Gasteiger partial charge in [-0.05, 0) is 44.1 Å². The van der Waals surface area contributed by atoms with Crippen LogP contribution in [0, 0.1) is 31.6 Å². The minimum absolute atomic E-state index is 0. The molecule has 3 rings (SSSR count). The summed E-state index contributed by atoms with van der Waals surface area (Å²) in [5, 5.41) is 3.09. The van der Waals surface area contributed by atoms with Crippen molar-refractivity contribution >= 4 is 17.6 Å². The summed E-state index contributed by atoms with van der Waals surface area (Å²) in [7, 11) is 0. The third kappa shape index (κ3) is 4.96. The van der Waals surface area contributed by atoms with E-state index in [1.54, 1.807) is 6.92 Å². The molecule has 0 aromatic heterocycles. The fourth-order valence-electron chi connectivity index (χ4n) is 3.53. The number of carbonyl (C=O) groups is 2. The molecule has 1 amide bonds. The zero-order valence-corrected chi connectivity index (χ0v) is 16.4. The van der Waals surface area contributed by atoms with Crippen molar-refractivity contribution in [2.24, 2.45) is 5.92 Å². The van der Waals surface area contributed by atoms with Gasteiger partial charge in [0.05, 0.1) is 17.7 Å². The Bertz CT molecular complexity index is 742. The van der Waals surface area contributed by atoms with E-state index in [0.29, 0.717) is 17.3 Å². The standard InChI is InChI=1S/C19H23NO4.2C2H2.2H2/c1-3-23-18(22)24-16-15(14-7-5-4-6-8-14)17(21)20-19(16)11-9-13(2)10-12-19;2*1-2;;/h4-8,13H,3,9-12H2,1-2H3,(H,20,21);2*1-2H;2*1H. The van der Waals surface area contributed by atoms with Gasteiger partial charge in [-0.2, -0.15) is 0 Å². The van der Waals surface area contributed by atoms with E-state index >= 15 is 0 Å². The summed E-state index contributed by atoms with van der Waals surface area (Å²) in [6.45, 7) is 4.17. The maximum atomic E-state index is 12.7. The largest absolute Gasteiger partial charge is 0.513 e. The molecule has 0 atom stereocenters. The van der Waals surface area contributed by atoms with Crippen LogP contribution in [0.1, 0.15) is 47.9 Å². The summed E-state index contributed by atoms with van der Waals surface area (Å²) < 4.78 is 10.5. The van der Waals surface area contributed by atoms with Gasteiger partial charge in [-0.1, -0.05) is 37.3 Å². The van der Waals surface area contributed by atoms with Crippen LogP contribution in [0.25, 0.3) is 5.57 Å². The molecule has 0 saturated heterocycles. The number of ether oxygens (including phenoxy) is 2. The van der Waals surface area contributed by atoms with Crippen LogP contribution in [-0.2, 0) is 14.3 Å². The number of benzene rings is 1. The molecule has 1 saturated carbocycles. The predicted molar refractivity (Wildman–Crippen MR) is 114 cm³/mol. The van der Waals surface area contributed by atoms with Gasteiger partial charge in [0.2, 0.25) is 0 Å². The quantitative estimate of drug-likeness (QED) is 0.608. The van der Waals surface area contributed by atoms with Crippen molar-refractivity contribution in [3.8, 4) is 25.7 Å². The molecule has 0 unspecified atom stereocenters. The Kier molecular flexibility index (Phi) is 8.85. The number of rotatable bonds is 3. The highest BCUT2D eigenvalue weighted by Gasteiger charge is 2.49. The molecule has 28 heavy (non-hydrogen) atoms. The summed E-state index contributed by atoms with van der Waals surface area (Å²) in [5.74, 6) is 0.844. The van der Waals surface area contributed by atoms with Crippen LogP contribution in [0.3, 0.4) is 0 Å². The number of carbonyl (C=O) groups excluding carboxylic acids is 2. The molecule has 1 aliphatic carbocycles. The first-order valence-corrected chi connectivity index (χ1v) is 9.19. The Morgan fingerprint density at radius 1 is 1.18 bits per heavy atom. The molecule has 1 N–H and O–H groups in total. The van der Waals surface area contributed by atoms with Gasteiger partial charge in [0.15, 0.2) is 0 Å². The van der Waals surface area contributed by atoms with E-state index < -0.39 is 11.7 Å². The average Bonchev–Trinajstić information content (AvgIpc) is 2.99. The molecule has 5 nitrogen and oxygen atoms in total. The highest BCUT2D eigenvalue weighted by molar-refractivity contribution is 6.23. The van der Waals surface area contributed by atoms with E-state index in [9.17, 15) is 9.59 Å². The van der Waals surface area contributed by atoms with Crippen molar-refractivity contribution in [3.63, 3.8) is 0 Å². The summed E-state index contributed by atoms with van der Waals surface area (Å²) in [4.78, 5) is 24.6. The van der Waals surface area contributed by atoms with Crippen LogP contribution >= 0.6 is 0 Å². The molecule has 152 valence electrons. The molecule has 1 aromatic rings. The normalized spacial score (nSPS) is 22.8. The smallest absolute Gasteiger partial charge is 0.434 e. The Hall–Kier alpha value is -3.18. The highest BCUT2D eigenvalue weighted by Crippen LogP contribution is 2.44. The van der Waals surface area contributed by atoms with E-state index in [1.165, 1.54) is 0 Å². The van der Waals surface area contributed by atoms with E-state index in [1.807, 2.05) is 30.3 Å². The van der Waals surface area contributed by atoms with Crippen molar-refractivity contribution in [1.29, 1.82) is 0 Å². The number of hydrogen-bond acceptors (Lipinski definition) is 4. The van der Waals surface area contributed by atoms with Gasteiger partial charge in [-0.15, -0.1) is 25.7 Å². The van der Waals surface area contributed by atoms with E-state index in [-0.39, 0.29) is 15.4 Å². The van der Waals surface area contributed by atoms with Gasteiger partial charge in [0.25, 0.3) is 5.91 Å². The maximum absolute atomic E-state index is 12.7. The SMILES string of the molecule is C#C.C#C.CCOC(=O)OC1=C(c2ccccc2)C(=O)NC12CCC(C)CC2.[HH].[HH]. The summed E-state index contributed by atoms with van der Waals surface area (Å²) in [6.07, 6.45) is 18.8. The molecule has 1 aliphatic heterocycles. The average molecular weight is 386 g/mol. The van der Waals surface area contributed by atoms with Crippen molar-refractivity contribution in [2.45, 2.75) is 45.1 Å². The Morgan fingerprint density at radius 2 is 1.75 bits per heavy atom. The third-order valence-corrected chi connectivity index (χ3v) is 4.88. The molecule has 1 heterocycles. The number of amides is 1. The second-order valence-electron chi connectivity index (χ2n) is 6.57. The second kappa shape index (κ2) is 10.8. The maximum Gasteiger partial charge on any atom is 0.513 e. The van der Waals surface area contributed by atoms with Crippen LogP contribution in [0.4, 0.5) is 4.79 Å². The lowest BCUT2D eigenvalue weighted by Gasteiger charge is -2.37. The monoisotopic (exact) mass is 385 g/mol. The molecule has 1 fully saturated rings. The molecular formula is C23H31NO4. The Labute approximate surface area is 170 Å². The Morgan fingerprint density at radius 3 is 2.29 bits per heavy atom. The minimum atomic E-state index is -0.754. The summed E-state index contributed by atoms with van der Waals surface area (Å²) in [6, 6.07) is 9.33. The zero-order valence-electron chi connectivity index (χ0n) is 16.4. The van der Waals surface area contributed by atoms with Gasteiger partial charge in [0.1, 0.15) is 5.76 Å². The predicted octanol–water partition coefficient (Wildman–Crippen LogP) is 4.64. The van der Waals surface area contributed by atoms with Gasteiger partial charge >= 0.3 is 6.16 Å². The minimum Gasteiger partial charge on any atom is -0.434 e. The summed E-state index contributed by atoms with van der Waals surface area (Å²) in [5.41, 5.74) is 0.602. The topological polar surface area (TPSA) is 64.6 Å².